The molecule has 1 fully saturated rings. The molecule has 0 heterocycles. The highest BCUT2D eigenvalue weighted by molar-refractivity contribution is 5.21. The summed E-state index contributed by atoms with van der Waals surface area (Å²) in [5.74, 6) is -0.208. The fourth-order valence-corrected chi connectivity index (χ4v) is 3.09. The third-order valence-electron chi connectivity index (χ3n) is 4.23. The molecule has 1 aromatic carbocycles. The third-order valence-corrected chi connectivity index (χ3v) is 4.23. The van der Waals surface area contributed by atoms with Crippen LogP contribution in [0.25, 0.3) is 0 Å². The van der Waals surface area contributed by atoms with Crippen LogP contribution >= 0.6 is 0 Å². The van der Waals surface area contributed by atoms with Crippen LogP contribution in [0, 0.1) is 17.6 Å². The summed E-state index contributed by atoms with van der Waals surface area (Å²) in [6.07, 6.45) is 6.14. The van der Waals surface area contributed by atoms with Crippen LogP contribution in [-0.2, 0) is 0 Å². The second-order valence-corrected chi connectivity index (χ2v) is 5.73. The molecule has 3 atom stereocenters. The van der Waals surface area contributed by atoms with Crippen molar-refractivity contribution in [1.82, 2.24) is 5.32 Å². The Hall–Kier alpha value is -0.960. The fraction of sp³-hybridized carbons (Fsp3) is 0.625. The van der Waals surface area contributed by atoms with Gasteiger partial charge in [-0.15, -0.1) is 0 Å². The Morgan fingerprint density at radius 1 is 1.21 bits per heavy atom. The first-order chi connectivity index (χ1) is 9.08. The molecular weight excluding hydrogens is 244 g/mol. The molecule has 0 radical (unpaired) electrons. The van der Waals surface area contributed by atoms with Gasteiger partial charge >= 0.3 is 0 Å². The van der Waals surface area contributed by atoms with Gasteiger partial charge in [0.1, 0.15) is 11.6 Å². The first kappa shape index (κ1) is 14.4. The van der Waals surface area contributed by atoms with Crippen LogP contribution in [-0.4, -0.2) is 6.04 Å². The van der Waals surface area contributed by atoms with E-state index in [-0.39, 0.29) is 6.04 Å². The van der Waals surface area contributed by atoms with Gasteiger partial charge in [0, 0.05) is 18.2 Å². The second-order valence-electron chi connectivity index (χ2n) is 5.73. The minimum atomic E-state index is -0.501. The molecular formula is C16H23F2N. The summed E-state index contributed by atoms with van der Waals surface area (Å²) in [4.78, 5) is 0. The highest BCUT2D eigenvalue weighted by Gasteiger charge is 2.22. The monoisotopic (exact) mass is 267 g/mol. The van der Waals surface area contributed by atoms with Gasteiger partial charge in [0.2, 0.25) is 0 Å². The Labute approximate surface area is 114 Å². The van der Waals surface area contributed by atoms with Crippen LogP contribution in [0.1, 0.15) is 57.6 Å². The predicted octanol–water partition coefficient (Wildman–Crippen LogP) is 4.58. The Bertz CT molecular complexity index is 399. The van der Waals surface area contributed by atoms with E-state index < -0.39 is 11.6 Å². The summed E-state index contributed by atoms with van der Waals surface area (Å²) in [6.45, 7) is 4.21. The van der Waals surface area contributed by atoms with E-state index in [9.17, 15) is 8.78 Å². The first-order valence-electron chi connectivity index (χ1n) is 7.30. The van der Waals surface area contributed by atoms with Crippen molar-refractivity contribution in [2.45, 2.75) is 58.0 Å². The zero-order chi connectivity index (χ0) is 13.8. The molecule has 0 aliphatic heterocycles. The normalized spacial score (nSPS) is 25.3. The number of nitrogens with one attached hydrogen (secondary N) is 1. The van der Waals surface area contributed by atoms with Gasteiger partial charge in [-0.2, -0.15) is 0 Å². The lowest BCUT2D eigenvalue weighted by Gasteiger charge is -2.31. The maximum Gasteiger partial charge on any atom is 0.126 e. The highest BCUT2D eigenvalue weighted by atomic mass is 19.1. The molecule has 106 valence electrons. The molecule has 0 spiro atoms. The van der Waals surface area contributed by atoms with E-state index >= 15 is 0 Å². The van der Waals surface area contributed by atoms with Crippen molar-refractivity contribution in [3.63, 3.8) is 0 Å². The van der Waals surface area contributed by atoms with E-state index in [2.05, 4.69) is 12.2 Å². The summed E-state index contributed by atoms with van der Waals surface area (Å²) < 4.78 is 26.4. The zero-order valence-corrected chi connectivity index (χ0v) is 11.8. The number of benzene rings is 1. The molecule has 0 bridgehead atoms. The molecule has 1 aromatic rings. The topological polar surface area (TPSA) is 12.0 Å². The summed E-state index contributed by atoms with van der Waals surface area (Å²) in [6, 6.07) is 4.22. The molecule has 1 N–H and O–H groups in total. The predicted molar refractivity (Wildman–Crippen MR) is 73.9 cm³/mol. The van der Waals surface area contributed by atoms with E-state index in [0.717, 1.165) is 12.0 Å². The molecule has 1 nitrogen and oxygen atoms in total. The van der Waals surface area contributed by atoms with E-state index in [4.69, 9.17) is 0 Å². The highest BCUT2D eigenvalue weighted by Crippen LogP contribution is 2.28. The van der Waals surface area contributed by atoms with Crippen molar-refractivity contribution >= 4 is 0 Å². The number of halogens is 2. The van der Waals surface area contributed by atoms with Crippen molar-refractivity contribution in [1.29, 1.82) is 0 Å². The number of hydrogen-bond donors (Lipinski definition) is 1. The standard InChI is InChI=1S/C16H23F2N/c1-3-12-5-4-6-16(7-12)19-11(2)13-8-14(17)10-15(18)9-13/h8-12,16,19H,3-7H2,1-2H3. The molecule has 1 aliphatic carbocycles. The lowest BCUT2D eigenvalue weighted by Crippen LogP contribution is -2.35. The SMILES string of the molecule is CCC1CCCC(NC(C)c2cc(F)cc(F)c2)C1. The maximum atomic E-state index is 13.2. The van der Waals surface area contributed by atoms with Crippen LogP contribution in [0.3, 0.4) is 0 Å². The molecule has 1 aliphatic rings. The third kappa shape index (κ3) is 4.00. The van der Waals surface area contributed by atoms with Gasteiger partial charge in [-0.1, -0.05) is 26.2 Å². The summed E-state index contributed by atoms with van der Waals surface area (Å²) in [5.41, 5.74) is 0.691. The van der Waals surface area contributed by atoms with Gasteiger partial charge in [-0.05, 0) is 43.4 Å². The lowest BCUT2D eigenvalue weighted by molar-refractivity contribution is 0.265. The van der Waals surface area contributed by atoms with Crippen LogP contribution < -0.4 is 5.32 Å². The Morgan fingerprint density at radius 3 is 2.53 bits per heavy atom. The van der Waals surface area contributed by atoms with Crippen molar-refractivity contribution < 1.29 is 8.78 Å². The Kier molecular flexibility index (Phi) is 4.92. The van der Waals surface area contributed by atoms with Crippen LogP contribution in [0.4, 0.5) is 8.78 Å². The minimum absolute atomic E-state index is 0.00851. The van der Waals surface area contributed by atoms with Crippen molar-refractivity contribution in [3.05, 3.63) is 35.4 Å². The van der Waals surface area contributed by atoms with Crippen LogP contribution in [0.15, 0.2) is 18.2 Å². The lowest BCUT2D eigenvalue weighted by atomic mass is 9.84. The quantitative estimate of drug-likeness (QED) is 0.841. The van der Waals surface area contributed by atoms with E-state index in [1.807, 2.05) is 6.92 Å². The largest absolute Gasteiger partial charge is 0.307 e. The number of rotatable bonds is 4. The van der Waals surface area contributed by atoms with Gasteiger partial charge in [0.15, 0.2) is 0 Å². The molecule has 0 aromatic heterocycles. The van der Waals surface area contributed by atoms with E-state index in [0.29, 0.717) is 11.6 Å². The van der Waals surface area contributed by atoms with Crippen molar-refractivity contribution in [2.75, 3.05) is 0 Å². The molecule has 0 saturated heterocycles. The average molecular weight is 267 g/mol. The summed E-state index contributed by atoms with van der Waals surface area (Å²) >= 11 is 0. The van der Waals surface area contributed by atoms with Gasteiger partial charge in [-0.3, -0.25) is 0 Å². The maximum absolute atomic E-state index is 13.2. The Balaban J connectivity index is 1.98. The molecule has 3 heteroatoms. The van der Waals surface area contributed by atoms with Crippen LogP contribution in [0.2, 0.25) is 0 Å². The van der Waals surface area contributed by atoms with E-state index in [1.54, 1.807) is 0 Å². The smallest absolute Gasteiger partial charge is 0.126 e. The van der Waals surface area contributed by atoms with Gasteiger partial charge in [0.25, 0.3) is 0 Å². The first-order valence-corrected chi connectivity index (χ1v) is 7.30. The summed E-state index contributed by atoms with van der Waals surface area (Å²) in [5, 5.41) is 3.52. The second kappa shape index (κ2) is 6.47. The van der Waals surface area contributed by atoms with E-state index in [1.165, 1.54) is 44.2 Å². The van der Waals surface area contributed by atoms with Crippen molar-refractivity contribution in [3.8, 4) is 0 Å². The van der Waals surface area contributed by atoms with Gasteiger partial charge in [0.05, 0.1) is 0 Å². The molecule has 19 heavy (non-hydrogen) atoms. The molecule has 2 rings (SSSR count). The fourth-order valence-electron chi connectivity index (χ4n) is 3.09. The molecule has 3 unspecified atom stereocenters. The molecule has 1 saturated carbocycles. The number of hydrogen-bond acceptors (Lipinski definition) is 1. The average Bonchev–Trinajstić information content (AvgIpc) is 2.37. The summed E-state index contributed by atoms with van der Waals surface area (Å²) in [7, 11) is 0. The molecule has 0 amide bonds. The van der Waals surface area contributed by atoms with Gasteiger partial charge < -0.3 is 5.32 Å². The van der Waals surface area contributed by atoms with Crippen molar-refractivity contribution in [2.24, 2.45) is 5.92 Å². The van der Waals surface area contributed by atoms with Gasteiger partial charge in [-0.25, -0.2) is 8.78 Å². The Morgan fingerprint density at radius 2 is 1.89 bits per heavy atom. The zero-order valence-electron chi connectivity index (χ0n) is 11.8. The van der Waals surface area contributed by atoms with Crippen LogP contribution in [0.5, 0.6) is 0 Å². The minimum Gasteiger partial charge on any atom is -0.307 e.